The van der Waals surface area contributed by atoms with Crippen molar-refractivity contribution in [2.75, 3.05) is 32.3 Å². The van der Waals surface area contributed by atoms with Crippen molar-refractivity contribution in [1.82, 2.24) is 4.90 Å². The van der Waals surface area contributed by atoms with Gasteiger partial charge in [-0.3, -0.25) is 19.8 Å². The Morgan fingerprint density at radius 3 is 2.86 bits per heavy atom. The van der Waals surface area contributed by atoms with Crippen LogP contribution in [0.25, 0.3) is 0 Å². The molecule has 29 heavy (non-hydrogen) atoms. The zero-order chi connectivity index (χ0) is 20.8. The minimum atomic E-state index is -0.441. The SMILES string of the molecule is CCN(CC(=O)Nc1ccccc1OC)Cc1cc([N+](=O)[O-])cc2c1OCOC2. The highest BCUT2D eigenvalue weighted by Gasteiger charge is 2.23. The Hall–Kier alpha value is -3.17. The molecular weight excluding hydrogens is 378 g/mol. The van der Waals surface area contributed by atoms with E-state index in [0.29, 0.717) is 41.4 Å². The van der Waals surface area contributed by atoms with Crippen LogP contribution in [-0.4, -0.2) is 42.7 Å². The topological polar surface area (TPSA) is 103 Å². The van der Waals surface area contributed by atoms with Crippen molar-refractivity contribution in [3.05, 3.63) is 57.6 Å². The molecule has 0 bridgehead atoms. The fourth-order valence-corrected chi connectivity index (χ4v) is 3.16. The van der Waals surface area contributed by atoms with Crippen molar-refractivity contribution >= 4 is 17.3 Å². The van der Waals surface area contributed by atoms with Crippen molar-refractivity contribution in [2.24, 2.45) is 0 Å². The number of para-hydroxylation sites is 2. The van der Waals surface area contributed by atoms with Gasteiger partial charge >= 0.3 is 0 Å². The average Bonchev–Trinajstić information content (AvgIpc) is 2.73. The number of ether oxygens (including phenoxy) is 3. The number of carbonyl (C=O) groups excluding carboxylic acids is 1. The largest absolute Gasteiger partial charge is 0.495 e. The first kappa shape index (κ1) is 20.6. The Kier molecular flexibility index (Phi) is 6.63. The van der Waals surface area contributed by atoms with E-state index in [9.17, 15) is 14.9 Å². The van der Waals surface area contributed by atoms with Gasteiger partial charge in [0.2, 0.25) is 5.91 Å². The minimum Gasteiger partial charge on any atom is -0.495 e. The molecule has 0 unspecified atom stereocenters. The van der Waals surface area contributed by atoms with Gasteiger partial charge in [0.05, 0.1) is 30.9 Å². The molecule has 3 rings (SSSR count). The highest BCUT2D eigenvalue weighted by Crippen LogP contribution is 2.33. The zero-order valence-electron chi connectivity index (χ0n) is 16.3. The molecule has 1 amide bonds. The molecule has 1 N–H and O–H groups in total. The number of nitrogens with zero attached hydrogens (tertiary/aromatic N) is 2. The summed E-state index contributed by atoms with van der Waals surface area (Å²) in [5.74, 6) is 0.954. The smallest absolute Gasteiger partial charge is 0.270 e. The standard InChI is InChI=1S/C20H23N3O6/c1-3-22(11-19(24)21-17-6-4-5-7-18(17)27-2)10-14-8-16(23(25)26)9-15-12-28-13-29-20(14)15/h4-9H,3,10-13H2,1-2H3,(H,21,24). The van der Waals surface area contributed by atoms with Crippen LogP contribution in [0.1, 0.15) is 18.1 Å². The van der Waals surface area contributed by atoms with Crippen molar-refractivity contribution in [3.63, 3.8) is 0 Å². The molecule has 2 aromatic rings. The summed E-state index contributed by atoms with van der Waals surface area (Å²) in [6.07, 6.45) is 0. The van der Waals surface area contributed by atoms with Gasteiger partial charge in [-0.05, 0) is 18.7 Å². The molecule has 1 aliphatic heterocycles. The average molecular weight is 401 g/mol. The lowest BCUT2D eigenvalue weighted by atomic mass is 10.1. The number of nitrogens with one attached hydrogen (secondary N) is 1. The number of anilines is 1. The van der Waals surface area contributed by atoms with E-state index in [0.717, 1.165) is 0 Å². The van der Waals surface area contributed by atoms with Crippen molar-refractivity contribution < 1.29 is 23.9 Å². The van der Waals surface area contributed by atoms with E-state index in [1.807, 2.05) is 24.0 Å². The number of hydrogen-bond donors (Lipinski definition) is 1. The number of likely N-dealkylation sites (N-methyl/N-ethyl adjacent to an activating group) is 1. The maximum absolute atomic E-state index is 12.5. The summed E-state index contributed by atoms with van der Waals surface area (Å²) >= 11 is 0. The van der Waals surface area contributed by atoms with Crippen LogP contribution in [0.2, 0.25) is 0 Å². The number of methoxy groups -OCH3 is 1. The highest BCUT2D eigenvalue weighted by molar-refractivity contribution is 5.93. The Morgan fingerprint density at radius 1 is 1.34 bits per heavy atom. The minimum absolute atomic E-state index is 0.0256. The molecule has 154 valence electrons. The van der Waals surface area contributed by atoms with Crippen LogP contribution < -0.4 is 14.8 Å². The van der Waals surface area contributed by atoms with Crippen LogP contribution in [0.3, 0.4) is 0 Å². The predicted molar refractivity (Wildman–Crippen MR) is 106 cm³/mol. The molecule has 9 heteroatoms. The summed E-state index contributed by atoms with van der Waals surface area (Å²) in [7, 11) is 1.54. The van der Waals surface area contributed by atoms with E-state index in [4.69, 9.17) is 14.2 Å². The summed E-state index contributed by atoms with van der Waals surface area (Å²) in [5.41, 5.74) is 1.85. The van der Waals surface area contributed by atoms with Gasteiger partial charge in [0, 0.05) is 29.8 Å². The lowest BCUT2D eigenvalue weighted by Crippen LogP contribution is -2.33. The van der Waals surface area contributed by atoms with Crippen LogP contribution in [0, 0.1) is 10.1 Å². The molecule has 9 nitrogen and oxygen atoms in total. The van der Waals surface area contributed by atoms with Crippen LogP contribution in [0.15, 0.2) is 36.4 Å². The predicted octanol–water partition coefficient (Wildman–Crippen LogP) is 2.93. The lowest BCUT2D eigenvalue weighted by Gasteiger charge is -2.25. The van der Waals surface area contributed by atoms with Gasteiger partial charge in [0.25, 0.3) is 5.69 Å². The van der Waals surface area contributed by atoms with E-state index in [-0.39, 0.29) is 31.5 Å². The first-order valence-electron chi connectivity index (χ1n) is 9.17. The first-order valence-corrected chi connectivity index (χ1v) is 9.17. The van der Waals surface area contributed by atoms with Gasteiger partial charge in [-0.15, -0.1) is 0 Å². The summed E-state index contributed by atoms with van der Waals surface area (Å²) < 4.78 is 16.1. The summed E-state index contributed by atoms with van der Waals surface area (Å²) in [5, 5.41) is 14.1. The maximum Gasteiger partial charge on any atom is 0.270 e. The van der Waals surface area contributed by atoms with Gasteiger partial charge < -0.3 is 19.5 Å². The molecular formula is C20H23N3O6. The normalized spacial score (nSPS) is 12.8. The fraction of sp³-hybridized carbons (Fsp3) is 0.350. The molecule has 0 spiro atoms. The van der Waals surface area contributed by atoms with Crippen molar-refractivity contribution in [3.8, 4) is 11.5 Å². The molecule has 1 heterocycles. The molecule has 0 fully saturated rings. The lowest BCUT2D eigenvalue weighted by molar-refractivity contribution is -0.385. The second-order valence-corrected chi connectivity index (χ2v) is 6.51. The second-order valence-electron chi connectivity index (χ2n) is 6.51. The second kappa shape index (κ2) is 9.35. The number of benzene rings is 2. The number of nitro groups is 1. The summed E-state index contributed by atoms with van der Waals surface area (Å²) in [4.78, 5) is 25.2. The number of nitro benzene ring substituents is 1. The van der Waals surface area contributed by atoms with Crippen LogP contribution in [-0.2, 0) is 22.7 Å². The molecule has 1 aliphatic rings. The number of amides is 1. The Bertz CT molecular complexity index is 902. The van der Waals surface area contributed by atoms with E-state index in [1.54, 1.807) is 19.2 Å². The number of fused-ring (bicyclic) bond motifs is 1. The Balaban J connectivity index is 1.75. The number of carbonyl (C=O) groups is 1. The van der Waals surface area contributed by atoms with Gasteiger partial charge in [0.15, 0.2) is 6.79 Å². The first-order chi connectivity index (χ1) is 14.0. The zero-order valence-corrected chi connectivity index (χ0v) is 16.3. The fourth-order valence-electron chi connectivity index (χ4n) is 3.16. The van der Waals surface area contributed by atoms with Gasteiger partial charge in [-0.2, -0.15) is 0 Å². The third-order valence-electron chi connectivity index (χ3n) is 4.57. The van der Waals surface area contributed by atoms with E-state index < -0.39 is 4.92 Å². The molecule has 0 saturated heterocycles. The monoisotopic (exact) mass is 401 g/mol. The Morgan fingerprint density at radius 2 is 2.14 bits per heavy atom. The van der Waals surface area contributed by atoms with Gasteiger partial charge in [0.1, 0.15) is 11.5 Å². The summed E-state index contributed by atoms with van der Waals surface area (Å²) in [6.45, 7) is 3.29. The highest BCUT2D eigenvalue weighted by atomic mass is 16.7. The molecule has 0 aromatic heterocycles. The number of rotatable bonds is 8. The third-order valence-corrected chi connectivity index (χ3v) is 4.57. The molecule has 2 aromatic carbocycles. The van der Waals surface area contributed by atoms with Crippen LogP contribution in [0.5, 0.6) is 11.5 Å². The maximum atomic E-state index is 12.5. The van der Waals surface area contributed by atoms with Gasteiger partial charge in [-0.25, -0.2) is 0 Å². The van der Waals surface area contributed by atoms with Gasteiger partial charge in [-0.1, -0.05) is 19.1 Å². The summed E-state index contributed by atoms with van der Waals surface area (Å²) in [6, 6.07) is 10.1. The third kappa shape index (κ3) is 5.01. The van der Waals surface area contributed by atoms with E-state index >= 15 is 0 Å². The number of hydrogen-bond acceptors (Lipinski definition) is 7. The van der Waals surface area contributed by atoms with Crippen LogP contribution in [0.4, 0.5) is 11.4 Å². The Labute approximate surface area is 168 Å². The van der Waals surface area contributed by atoms with E-state index in [1.165, 1.54) is 12.1 Å². The molecule has 0 aliphatic carbocycles. The molecule has 0 radical (unpaired) electrons. The van der Waals surface area contributed by atoms with E-state index in [2.05, 4.69) is 5.32 Å². The van der Waals surface area contributed by atoms with Crippen molar-refractivity contribution in [2.45, 2.75) is 20.1 Å². The van der Waals surface area contributed by atoms with Crippen LogP contribution >= 0.6 is 0 Å². The quantitative estimate of drug-likeness (QED) is 0.536. The number of non-ortho nitro benzene ring substituents is 1. The van der Waals surface area contributed by atoms with Crippen molar-refractivity contribution in [1.29, 1.82) is 0 Å². The molecule has 0 saturated carbocycles. The molecule has 0 atom stereocenters.